The van der Waals surface area contributed by atoms with Crippen molar-refractivity contribution in [1.29, 1.82) is 0 Å². The molecule has 0 atom stereocenters. The number of para-hydroxylation sites is 2. The first kappa shape index (κ1) is 14.1. The molecular formula is C18H17N3O. The van der Waals surface area contributed by atoms with E-state index in [2.05, 4.69) is 4.98 Å². The Morgan fingerprint density at radius 2 is 1.77 bits per heavy atom. The number of methoxy groups -OCH3 is 1. The number of imidazole rings is 1. The molecule has 22 heavy (non-hydrogen) atoms. The number of ether oxygens (including phenoxy) is 1. The van der Waals surface area contributed by atoms with E-state index in [4.69, 9.17) is 9.73 Å². The van der Waals surface area contributed by atoms with Crippen LogP contribution in [0.25, 0.3) is 0 Å². The van der Waals surface area contributed by atoms with Crippen molar-refractivity contribution >= 4 is 11.4 Å². The maximum atomic E-state index is 5.40. The summed E-state index contributed by atoms with van der Waals surface area (Å²) in [4.78, 5) is 9.04. The highest BCUT2D eigenvalue weighted by molar-refractivity contribution is 6.13. The van der Waals surface area contributed by atoms with E-state index in [9.17, 15) is 0 Å². The molecule has 0 N–H and O–H groups in total. The first-order valence-corrected chi connectivity index (χ1v) is 7.03. The summed E-state index contributed by atoms with van der Waals surface area (Å²) in [7, 11) is 3.61. The monoisotopic (exact) mass is 291 g/mol. The molecule has 0 saturated heterocycles. The lowest BCUT2D eigenvalue weighted by Gasteiger charge is -2.10. The van der Waals surface area contributed by atoms with Crippen LogP contribution in [0.4, 0.5) is 5.69 Å². The minimum atomic E-state index is 0.748. The van der Waals surface area contributed by atoms with Gasteiger partial charge in [-0.25, -0.2) is 9.98 Å². The SMILES string of the molecule is COc1ccccc1N=C(c1ccccc1)c1cncn1C. The lowest BCUT2D eigenvalue weighted by molar-refractivity contribution is 0.416. The van der Waals surface area contributed by atoms with Crippen LogP contribution in [0.15, 0.2) is 72.1 Å². The molecule has 4 heteroatoms. The van der Waals surface area contributed by atoms with Crippen LogP contribution >= 0.6 is 0 Å². The van der Waals surface area contributed by atoms with Crippen LogP contribution in [0.2, 0.25) is 0 Å². The molecule has 3 aromatic rings. The molecular weight excluding hydrogens is 274 g/mol. The Bertz CT molecular complexity index is 791. The number of benzene rings is 2. The van der Waals surface area contributed by atoms with Gasteiger partial charge in [-0.05, 0) is 12.1 Å². The van der Waals surface area contributed by atoms with Crippen LogP contribution in [-0.2, 0) is 7.05 Å². The number of aryl methyl sites for hydroxylation is 1. The van der Waals surface area contributed by atoms with Crippen LogP contribution in [0, 0.1) is 0 Å². The van der Waals surface area contributed by atoms with Crippen molar-refractivity contribution in [2.45, 2.75) is 0 Å². The third kappa shape index (κ3) is 2.76. The molecule has 1 aromatic heterocycles. The second-order valence-corrected chi connectivity index (χ2v) is 4.89. The summed E-state index contributed by atoms with van der Waals surface area (Å²) in [6.07, 6.45) is 3.59. The van der Waals surface area contributed by atoms with Gasteiger partial charge in [0.15, 0.2) is 0 Å². The number of rotatable bonds is 4. The molecule has 110 valence electrons. The van der Waals surface area contributed by atoms with E-state index in [0.29, 0.717) is 0 Å². The molecule has 0 aliphatic rings. The molecule has 0 saturated carbocycles. The molecule has 0 fully saturated rings. The summed E-state index contributed by atoms with van der Waals surface area (Å²) in [6.45, 7) is 0. The first-order chi connectivity index (χ1) is 10.8. The zero-order valence-corrected chi connectivity index (χ0v) is 12.6. The topological polar surface area (TPSA) is 39.4 Å². The van der Waals surface area contributed by atoms with E-state index >= 15 is 0 Å². The minimum Gasteiger partial charge on any atom is -0.494 e. The molecule has 0 aliphatic carbocycles. The second-order valence-electron chi connectivity index (χ2n) is 4.89. The van der Waals surface area contributed by atoms with Gasteiger partial charge in [0, 0.05) is 12.6 Å². The minimum absolute atomic E-state index is 0.748. The van der Waals surface area contributed by atoms with E-state index in [1.807, 2.05) is 72.4 Å². The number of hydrogen-bond acceptors (Lipinski definition) is 3. The third-order valence-corrected chi connectivity index (χ3v) is 3.42. The molecule has 3 rings (SSSR count). The van der Waals surface area contributed by atoms with Gasteiger partial charge in [0.25, 0.3) is 0 Å². The molecule has 1 heterocycles. The quantitative estimate of drug-likeness (QED) is 0.689. The van der Waals surface area contributed by atoms with Gasteiger partial charge in [-0.2, -0.15) is 0 Å². The summed E-state index contributed by atoms with van der Waals surface area (Å²) < 4.78 is 7.36. The summed E-state index contributed by atoms with van der Waals surface area (Å²) in [5, 5.41) is 0. The van der Waals surface area contributed by atoms with Crippen molar-refractivity contribution in [1.82, 2.24) is 9.55 Å². The predicted molar refractivity (Wildman–Crippen MR) is 87.9 cm³/mol. The van der Waals surface area contributed by atoms with Crippen LogP contribution in [0.3, 0.4) is 0 Å². The largest absolute Gasteiger partial charge is 0.494 e. The van der Waals surface area contributed by atoms with Crippen LogP contribution in [0.1, 0.15) is 11.3 Å². The van der Waals surface area contributed by atoms with Crippen LogP contribution in [-0.4, -0.2) is 22.4 Å². The average Bonchev–Trinajstić information content (AvgIpc) is 2.99. The number of nitrogens with zero attached hydrogens (tertiary/aromatic N) is 3. The number of aliphatic imine (C=N–C) groups is 1. The predicted octanol–water partition coefficient (Wildman–Crippen LogP) is 3.60. The number of aromatic nitrogens is 2. The summed E-state index contributed by atoms with van der Waals surface area (Å²) in [6, 6.07) is 17.8. The summed E-state index contributed by atoms with van der Waals surface area (Å²) in [5.41, 5.74) is 3.66. The van der Waals surface area contributed by atoms with Crippen molar-refractivity contribution in [2.75, 3.05) is 7.11 Å². The van der Waals surface area contributed by atoms with Crippen molar-refractivity contribution < 1.29 is 4.74 Å². The van der Waals surface area contributed by atoms with E-state index < -0.39 is 0 Å². The Balaban J connectivity index is 2.18. The average molecular weight is 291 g/mol. The lowest BCUT2D eigenvalue weighted by Crippen LogP contribution is -2.08. The second kappa shape index (κ2) is 6.26. The fraction of sp³-hybridized carbons (Fsp3) is 0.111. The van der Waals surface area contributed by atoms with Gasteiger partial charge in [0.1, 0.15) is 11.4 Å². The van der Waals surface area contributed by atoms with Crippen molar-refractivity contribution in [3.63, 3.8) is 0 Å². The van der Waals surface area contributed by atoms with Gasteiger partial charge in [-0.1, -0.05) is 42.5 Å². The Kier molecular flexibility index (Phi) is 4.01. The molecule has 0 bridgehead atoms. The standard InChI is InChI=1S/C18H17N3O/c1-21-13-19-12-16(21)18(14-8-4-3-5-9-14)20-15-10-6-7-11-17(15)22-2/h3-13H,1-2H3. The zero-order valence-electron chi connectivity index (χ0n) is 12.6. The van der Waals surface area contributed by atoms with Gasteiger partial charge in [0.05, 0.1) is 31.0 Å². The Hall–Kier alpha value is -2.88. The summed E-state index contributed by atoms with van der Waals surface area (Å²) >= 11 is 0. The Morgan fingerprint density at radius 1 is 1.05 bits per heavy atom. The van der Waals surface area contributed by atoms with Crippen molar-refractivity contribution in [3.05, 3.63) is 78.4 Å². The van der Waals surface area contributed by atoms with Crippen molar-refractivity contribution in [2.24, 2.45) is 12.0 Å². The van der Waals surface area contributed by atoms with Crippen molar-refractivity contribution in [3.8, 4) is 5.75 Å². The first-order valence-electron chi connectivity index (χ1n) is 7.03. The van der Waals surface area contributed by atoms with E-state index in [-0.39, 0.29) is 0 Å². The van der Waals surface area contributed by atoms with Crippen LogP contribution < -0.4 is 4.74 Å². The highest BCUT2D eigenvalue weighted by Gasteiger charge is 2.12. The normalized spacial score (nSPS) is 11.5. The Labute approximate surface area is 129 Å². The molecule has 0 spiro atoms. The Morgan fingerprint density at radius 3 is 2.45 bits per heavy atom. The molecule has 0 unspecified atom stereocenters. The van der Waals surface area contributed by atoms with Gasteiger partial charge in [0.2, 0.25) is 0 Å². The van der Waals surface area contributed by atoms with E-state index in [1.54, 1.807) is 13.4 Å². The fourth-order valence-electron chi connectivity index (χ4n) is 2.29. The number of hydrogen-bond donors (Lipinski definition) is 0. The van der Waals surface area contributed by atoms with Gasteiger partial charge in [-0.15, -0.1) is 0 Å². The lowest BCUT2D eigenvalue weighted by atomic mass is 10.1. The van der Waals surface area contributed by atoms with Gasteiger partial charge >= 0.3 is 0 Å². The van der Waals surface area contributed by atoms with E-state index in [0.717, 1.165) is 28.4 Å². The van der Waals surface area contributed by atoms with Crippen LogP contribution in [0.5, 0.6) is 5.75 Å². The molecule has 0 radical (unpaired) electrons. The highest BCUT2D eigenvalue weighted by Crippen LogP contribution is 2.28. The molecule has 4 nitrogen and oxygen atoms in total. The van der Waals surface area contributed by atoms with Gasteiger partial charge < -0.3 is 9.30 Å². The third-order valence-electron chi connectivity index (χ3n) is 3.42. The van der Waals surface area contributed by atoms with Gasteiger partial charge in [-0.3, -0.25) is 0 Å². The molecule has 0 amide bonds. The smallest absolute Gasteiger partial charge is 0.144 e. The molecule has 0 aliphatic heterocycles. The molecule has 2 aromatic carbocycles. The zero-order chi connectivity index (χ0) is 15.4. The highest BCUT2D eigenvalue weighted by atomic mass is 16.5. The maximum Gasteiger partial charge on any atom is 0.144 e. The summed E-state index contributed by atoms with van der Waals surface area (Å²) in [5.74, 6) is 0.748. The maximum absolute atomic E-state index is 5.40. The fourth-order valence-corrected chi connectivity index (χ4v) is 2.29. The van der Waals surface area contributed by atoms with E-state index in [1.165, 1.54) is 0 Å².